The number of likely N-dealkylation sites (N-methyl/N-ethyl adjacent to an activating group) is 1. The second-order valence-electron chi connectivity index (χ2n) is 13.4. The molecule has 3 aliphatic rings. The lowest BCUT2D eigenvalue weighted by molar-refractivity contribution is -0.132. The number of hydrogen-bond donors (Lipinski definition) is 0. The standard InChI is InChI=1S/C36H37BrN6O4/c1-21(44)35-26-12-23(25-16-38-22(2)39-17-25)6-8-30(26)43(41-35)18-32(46)34-27-14-36(15-28(34)36)20-42(3)10-4-5-11-47-19-24-7-9-33(37)40-29(24)13-31(27)45/h4-9,12,16-17,27-28,34H,10-11,13-15,18-20H2,1-3H3/t27-,28-,34?,36-/m0/s1. The SMILES string of the molecule is CC(=O)c1nn(CC(=O)C2[C@H]3C[C@]4(C[C@@H]24)CN(C)CC=CCOCc2ccc(Br)nc2CC3=O)c2ccc(-c3cnc(C)nc3)cc12. The van der Waals surface area contributed by atoms with E-state index in [1.54, 1.807) is 17.1 Å². The van der Waals surface area contributed by atoms with E-state index in [1.807, 2.05) is 43.3 Å². The maximum absolute atomic E-state index is 14.4. The number of fused-ring (bicyclic) bond motifs is 3. The largest absolute Gasteiger partial charge is 0.373 e. The van der Waals surface area contributed by atoms with E-state index in [0.717, 1.165) is 36.2 Å². The van der Waals surface area contributed by atoms with Crippen LogP contribution in [0.5, 0.6) is 0 Å². The molecule has 242 valence electrons. The fourth-order valence-electron chi connectivity index (χ4n) is 7.76. The average Bonchev–Trinajstić information content (AvgIpc) is 3.44. The summed E-state index contributed by atoms with van der Waals surface area (Å²) in [6.45, 7) is 5.73. The number of halogens is 1. The molecule has 2 saturated carbocycles. The number of benzene rings is 1. The number of ketones is 3. The van der Waals surface area contributed by atoms with Gasteiger partial charge in [0.1, 0.15) is 28.4 Å². The Morgan fingerprint density at radius 1 is 1.09 bits per heavy atom. The van der Waals surface area contributed by atoms with Crippen LogP contribution in [-0.4, -0.2) is 73.7 Å². The molecule has 2 fully saturated rings. The molecule has 11 heteroatoms. The number of Topliss-reactive ketones (excluding diaryl/α,β-unsaturated/α-hetero) is 3. The van der Waals surface area contributed by atoms with Gasteiger partial charge >= 0.3 is 0 Å². The molecule has 7 rings (SSSR count). The Hall–Kier alpha value is -3.93. The number of hydrogen-bond acceptors (Lipinski definition) is 9. The molecule has 0 saturated heterocycles. The van der Waals surface area contributed by atoms with Crippen molar-refractivity contribution in [2.75, 3.05) is 26.7 Å². The minimum Gasteiger partial charge on any atom is -0.373 e. The number of carbonyl (C=O) groups excluding carboxylic acids is 3. The van der Waals surface area contributed by atoms with E-state index >= 15 is 0 Å². The number of ether oxygens (including phenoxy) is 1. The highest BCUT2D eigenvalue weighted by Crippen LogP contribution is 2.68. The van der Waals surface area contributed by atoms with Crippen LogP contribution in [0.3, 0.4) is 0 Å². The highest BCUT2D eigenvalue weighted by Gasteiger charge is 2.67. The lowest BCUT2D eigenvalue weighted by Gasteiger charge is -2.23. The van der Waals surface area contributed by atoms with Gasteiger partial charge in [0, 0.05) is 61.6 Å². The Bertz CT molecular complexity index is 1920. The average molecular weight is 698 g/mol. The van der Waals surface area contributed by atoms with Crippen LogP contribution in [0.2, 0.25) is 0 Å². The summed E-state index contributed by atoms with van der Waals surface area (Å²) in [4.78, 5) is 56.8. The van der Waals surface area contributed by atoms with Gasteiger partial charge in [-0.3, -0.25) is 19.1 Å². The van der Waals surface area contributed by atoms with Crippen LogP contribution in [0.15, 0.2) is 59.5 Å². The number of rotatable bonds is 5. The summed E-state index contributed by atoms with van der Waals surface area (Å²) in [6, 6.07) is 9.54. The van der Waals surface area contributed by atoms with E-state index in [9.17, 15) is 14.4 Å². The quantitative estimate of drug-likeness (QED) is 0.157. The van der Waals surface area contributed by atoms with Gasteiger partial charge in [-0.05, 0) is 83.4 Å². The maximum atomic E-state index is 14.4. The van der Waals surface area contributed by atoms with Crippen LogP contribution in [-0.2, 0) is 33.9 Å². The Morgan fingerprint density at radius 2 is 1.89 bits per heavy atom. The van der Waals surface area contributed by atoms with Gasteiger partial charge in [0.05, 0.1) is 24.4 Å². The normalized spacial score (nSPS) is 24.8. The van der Waals surface area contributed by atoms with Gasteiger partial charge in [-0.15, -0.1) is 0 Å². The van der Waals surface area contributed by atoms with Crippen molar-refractivity contribution in [1.29, 1.82) is 0 Å². The number of pyridine rings is 1. The second-order valence-corrected chi connectivity index (χ2v) is 14.2. The fraction of sp³-hybridized carbons (Fsp3) is 0.417. The van der Waals surface area contributed by atoms with Crippen molar-refractivity contribution in [3.05, 3.63) is 82.3 Å². The highest BCUT2D eigenvalue weighted by atomic mass is 79.9. The first-order valence-corrected chi connectivity index (χ1v) is 16.8. The van der Waals surface area contributed by atoms with Gasteiger partial charge in [0.2, 0.25) is 0 Å². The first-order valence-electron chi connectivity index (χ1n) is 16.0. The molecular weight excluding hydrogens is 660 g/mol. The van der Waals surface area contributed by atoms with E-state index in [1.165, 1.54) is 6.92 Å². The molecule has 4 atom stereocenters. The lowest BCUT2D eigenvalue weighted by atomic mass is 9.82. The molecule has 1 spiro atoms. The minimum absolute atomic E-state index is 0.00933. The summed E-state index contributed by atoms with van der Waals surface area (Å²) in [6.07, 6.45) is 9.40. The summed E-state index contributed by atoms with van der Waals surface area (Å²) in [5, 5.41) is 5.32. The Balaban J connectivity index is 1.21. The van der Waals surface area contributed by atoms with E-state index in [2.05, 4.69) is 54.0 Å². The van der Waals surface area contributed by atoms with Crippen LogP contribution in [0.4, 0.5) is 0 Å². The Kier molecular flexibility index (Phi) is 8.48. The first kappa shape index (κ1) is 31.7. The van der Waals surface area contributed by atoms with Gasteiger partial charge in [-0.1, -0.05) is 24.3 Å². The van der Waals surface area contributed by atoms with Gasteiger partial charge < -0.3 is 9.64 Å². The van der Waals surface area contributed by atoms with E-state index < -0.39 is 11.8 Å². The maximum Gasteiger partial charge on any atom is 0.180 e. The summed E-state index contributed by atoms with van der Waals surface area (Å²) >= 11 is 3.46. The van der Waals surface area contributed by atoms with Crippen LogP contribution >= 0.6 is 15.9 Å². The number of aryl methyl sites for hydroxylation is 1. The molecular formula is C36H37BrN6O4. The van der Waals surface area contributed by atoms with Crippen molar-refractivity contribution in [3.63, 3.8) is 0 Å². The van der Waals surface area contributed by atoms with Gasteiger partial charge in [0.15, 0.2) is 11.6 Å². The van der Waals surface area contributed by atoms with Gasteiger partial charge in [-0.2, -0.15) is 5.10 Å². The predicted molar refractivity (Wildman–Crippen MR) is 180 cm³/mol. The zero-order valence-corrected chi connectivity index (χ0v) is 28.4. The first-order chi connectivity index (χ1) is 22.6. The van der Waals surface area contributed by atoms with Gasteiger partial charge in [-0.25, -0.2) is 15.0 Å². The molecule has 47 heavy (non-hydrogen) atoms. The van der Waals surface area contributed by atoms with Crippen molar-refractivity contribution >= 4 is 44.2 Å². The van der Waals surface area contributed by atoms with Crippen LogP contribution < -0.4 is 0 Å². The molecule has 0 N–H and O–H groups in total. The Labute approximate surface area is 281 Å². The number of aromatic nitrogens is 5. The van der Waals surface area contributed by atoms with Crippen LogP contribution in [0, 0.1) is 30.1 Å². The third-order valence-electron chi connectivity index (χ3n) is 10.1. The molecule has 10 nitrogen and oxygen atoms in total. The van der Waals surface area contributed by atoms with Crippen molar-refractivity contribution in [2.45, 2.75) is 46.3 Å². The van der Waals surface area contributed by atoms with Crippen LogP contribution in [0.25, 0.3) is 22.0 Å². The minimum atomic E-state index is -0.421. The predicted octanol–water partition coefficient (Wildman–Crippen LogP) is 5.20. The van der Waals surface area contributed by atoms with E-state index in [-0.39, 0.29) is 41.6 Å². The summed E-state index contributed by atoms with van der Waals surface area (Å²) in [5.74, 6) is -0.185. The summed E-state index contributed by atoms with van der Waals surface area (Å²) in [7, 11) is 2.09. The molecule has 1 aromatic carbocycles. The lowest BCUT2D eigenvalue weighted by Crippen LogP contribution is -2.32. The monoisotopic (exact) mass is 696 g/mol. The number of carbonyl (C=O) groups is 3. The van der Waals surface area contributed by atoms with E-state index in [4.69, 9.17) is 4.74 Å². The topological polar surface area (TPSA) is 120 Å². The smallest absolute Gasteiger partial charge is 0.180 e. The molecule has 1 aliphatic heterocycles. The second kappa shape index (κ2) is 12.6. The zero-order valence-electron chi connectivity index (χ0n) is 26.8. The van der Waals surface area contributed by atoms with Crippen molar-refractivity contribution in [2.24, 2.45) is 23.2 Å². The molecule has 2 aliphatic carbocycles. The molecule has 0 amide bonds. The van der Waals surface area contributed by atoms with Crippen LogP contribution in [0.1, 0.15) is 47.3 Å². The molecule has 4 heterocycles. The molecule has 1 unspecified atom stereocenters. The molecule has 4 aromatic rings. The zero-order chi connectivity index (χ0) is 32.9. The van der Waals surface area contributed by atoms with Crippen molar-refractivity contribution in [3.8, 4) is 11.1 Å². The van der Waals surface area contributed by atoms with Crippen molar-refractivity contribution in [1.82, 2.24) is 29.6 Å². The van der Waals surface area contributed by atoms with Gasteiger partial charge in [0.25, 0.3) is 0 Å². The molecule has 0 radical (unpaired) electrons. The number of nitrogens with zero attached hydrogens (tertiary/aromatic N) is 6. The summed E-state index contributed by atoms with van der Waals surface area (Å²) in [5.41, 5.74) is 4.18. The fourth-order valence-corrected chi connectivity index (χ4v) is 8.10. The summed E-state index contributed by atoms with van der Waals surface area (Å²) < 4.78 is 8.19. The third kappa shape index (κ3) is 6.24. The van der Waals surface area contributed by atoms with E-state index in [0.29, 0.717) is 52.4 Å². The Morgan fingerprint density at radius 3 is 2.68 bits per heavy atom. The third-order valence-corrected chi connectivity index (χ3v) is 10.5. The molecule has 2 bridgehead atoms. The molecule has 3 aromatic heterocycles. The highest BCUT2D eigenvalue weighted by molar-refractivity contribution is 9.10. The van der Waals surface area contributed by atoms with Crippen molar-refractivity contribution < 1.29 is 19.1 Å².